The molecule has 0 aliphatic carbocycles. The lowest BCUT2D eigenvalue weighted by Crippen LogP contribution is -2.00. The van der Waals surface area contributed by atoms with Crippen LogP contribution in [-0.2, 0) is 6.61 Å². The van der Waals surface area contributed by atoms with Gasteiger partial charge in [0.2, 0.25) is 0 Å². The average molecular weight is 271 g/mol. The number of hydrogen-bond donors (Lipinski definition) is 0. The van der Waals surface area contributed by atoms with Gasteiger partial charge in [0.1, 0.15) is 12.4 Å². The summed E-state index contributed by atoms with van der Waals surface area (Å²) in [5.74, 6) is 0.0755. The van der Waals surface area contributed by atoms with Gasteiger partial charge in [-0.05, 0) is 18.6 Å². The zero-order chi connectivity index (χ0) is 14.5. The fourth-order valence-electron chi connectivity index (χ4n) is 1.72. The number of ether oxygens (including phenoxy) is 1. The van der Waals surface area contributed by atoms with Crippen LogP contribution in [0.25, 0.3) is 0 Å². The number of carbonyl (C=O) groups is 1. The van der Waals surface area contributed by atoms with Crippen LogP contribution >= 0.6 is 0 Å². The van der Waals surface area contributed by atoms with E-state index in [1.165, 1.54) is 25.1 Å². The summed E-state index contributed by atoms with van der Waals surface area (Å²) in [4.78, 5) is 21.7. The van der Waals surface area contributed by atoms with Gasteiger partial charge in [0.15, 0.2) is 5.78 Å². The van der Waals surface area contributed by atoms with Gasteiger partial charge < -0.3 is 4.74 Å². The third-order valence-corrected chi connectivity index (χ3v) is 2.76. The number of nitrogens with zero attached hydrogens (tertiary/aromatic N) is 1. The number of nitro benzene ring substituents is 1. The smallest absolute Gasteiger partial charge is 0.273 e. The lowest BCUT2D eigenvalue weighted by atomic mass is 10.1. The average Bonchev–Trinajstić information content (AvgIpc) is 2.45. The van der Waals surface area contributed by atoms with Gasteiger partial charge in [-0.2, -0.15) is 0 Å². The van der Waals surface area contributed by atoms with Gasteiger partial charge in [0.05, 0.1) is 11.0 Å². The number of benzene rings is 2. The summed E-state index contributed by atoms with van der Waals surface area (Å²) in [6.45, 7) is 1.65. The zero-order valence-corrected chi connectivity index (χ0v) is 10.9. The predicted molar refractivity (Wildman–Crippen MR) is 73.9 cm³/mol. The van der Waals surface area contributed by atoms with Crippen LogP contribution in [0.1, 0.15) is 22.8 Å². The molecule has 2 aromatic rings. The third kappa shape index (κ3) is 3.41. The molecule has 102 valence electrons. The maximum absolute atomic E-state index is 11.4. The molecule has 0 amide bonds. The zero-order valence-electron chi connectivity index (χ0n) is 10.9. The highest BCUT2D eigenvalue weighted by Crippen LogP contribution is 2.24. The molecule has 2 aromatic carbocycles. The molecule has 20 heavy (non-hydrogen) atoms. The first-order valence-electron chi connectivity index (χ1n) is 6.03. The lowest BCUT2D eigenvalue weighted by Gasteiger charge is -2.07. The summed E-state index contributed by atoms with van der Waals surface area (Å²) in [5.41, 5.74) is 1.06. The van der Waals surface area contributed by atoms with Crippen LogP contribution in [0.5, 0.6) is 5.75 Å². The molecule has 0 aromatic heterocycles. The molecule has 2 rings (SSSR count). The fraction of sp³-hybridized carbons (Fsp3) is 0.133. The molecule has 0 fully saturated rings. The van der Waals surface area contributed by atoms with Crippen LogP contribution in [0.2, 0.25) is 0 Å². The molecule has 0 heterocycles. The summed E-state index contributed by atoms with van der Waals surface area (Å²) in [6.07, 6.45) is 0. The van der Waals surface area contributed by atoms with Crippen LogP contribution in [0.3, 0.4) is 0 Å². The Morgan fingerprint density at radius 2 is 1.90 bits per heavy atom. The van der Waals surface area contributed by atoms with Gasteiger partial charge in [0.25, 0.3) is 5.69 Å². The highest BCUT2D eigenvalue weighted by molar-refractivity contribution is 5.95. The number of non-ortho nitro benzene ring substituents is 1. The SMILES string of the molecule is CC(=O)c1cc(OCc2ccccc2)cc([N+](=O)[O-])c1. The van der Waals surface area contributed by atoms with Gasteiger partial charge in [-0.3, -0.25) is 14.9 Å². The van der Waals surface area contributed by atoms with Crippen molar-refractivity contribution in [3.05, 3.63) is 69.8 Å². The molecule has 0 spiro atoms. The molecule has 0 saturated heterocycles. The van der Waals surface area contributed by atoms with E-state index >= 15 is 0 Å². The summed E-state index contributed by atoms with van der Waals surface area (Å²) in [7, 11) is 0. The van der Waals surface area contributed by atoms with Crippen LogP contribution in [0.15, 0.2) is 48.5 Å². The molecule has 0 radical (unpaired) electrons. The van der Waals surface area contributed by atoms with Crippen molar-refractivity contribution in [3.8, 4) is 5.75 Å². The Kier molecular flexibility index (Phi) is 4.10. The first-order valence-corrected chi connectivity index (χ1v) is 6.03. The molecule has 5 nitrogen and oxygen atoms in total. The molecule has 0 bridgehead atoms. The Morgan fingerprint density at radius 3 is 2.50 bits per heavy atom. The van der Waals surface area contributed by atoms with Crippen molar-refractivity contribution < 1.29 is 14.5 Å². The Balaban J connectivity index is 2.22. The van der Waals surface area contributed by atoms with Gasteiger partial charge in [-0.1, -0.05) is 30.3 Å². The van der Waals surface area contributed by atoms with E-state index in [0.717, 1.165) is 5.56 Å². The molecule has 0 unspecified atom stereocenters. The van der Waals surface area contributed by atoms with Crippen LogP contribution < -0.4 is 4.74 Å². The van der Waals surface area contributed by atoms with Crippen molar-refractivity contribution >= 4 is 11.5 Å². The number of hydrogen-bond acceptors (Lipinski definition) is 4. The number of nitro groups is 1. The summed E-state index contributed by atoms with van der Waals surface area (Å²) >= 11 is 0. The second kappa shape index (κ2) is 5.97. The van der Waals surface area contributed by atoms with Gasteiger partial charge in [0, 0.05) is 11.6 Å². The van der Waals surface area contributed by atoms with E-state index in [2.05, 4.69) is 0 Å². The van der Waals surface area contributed by atoms with Gasteiger partial charge in [-0.15, -0.1) is 0 Å². The molecule has 0 N–H and O–H groups in total. The number of rotatable bonds is 5. The Labute approximate surface area is 116 Å². The van der Waals surface area contributed by atoms with E-state index in [1.807, 2.05) is 30.3 Å². The van der Waals surface area contributed by atoms with Crippen molar-refractivity contribution in [1.82, 2.24) is 0 Å². The van der Waals surface area contributed by atoms with E-state index < -0.39 is 4.92 Å². The first kappa shape index (κ1) is 13.7. The van der Waals surface area contributed by atoms with Gasteiger partial charge >= 0.3 is 0 Å². The van der Waals surface area contributed by atoms with E-state index in [9.17, 15) is 14.9 Å². The van der Waals surface area contributed by atoms with E-state index in [1.54, 1.807) is 0 Å². The van der Waals surface area contributed by atoms with Gasteiger partial charge in [-0.25, -0.2) is 0 Å². The van der Waals surface area contributed by atoms with Crippen molar-refractivity contribution in [3.63, 3.8) is 0 Å². The van der Waals surface area contributed by atoms with Crippen molar-refractivity contribution in [2.75, 3.05) is 0 Å². The largest absolute Gasteiger partial charge is 0.489 e. The van der Waals surface area contributed by atoms with E-state index in [4.69, 9.17) is 4.74 Å². The Bertz CT molecular complexity index is 605. The third-order valence-electron chi connectivity index (χ3n) is 2.76. The minimum atomic E-state index is -0.540. The highest BCUT2D eigenvalue weighted by atomic mass is 16.6. The predicted octanol–water partition coefficient (Wildman–Crippen LogP) is 3.38. The minimum Gasteiger partial charge on any atom is -0.489 e. The minimum absolute atomic E-state index is 0.152. The monoisotopic (exact) mass is 271 g/mol. The van der Waals surface area contributed by atoms with E-state index in [-0.39, 0.29) is 17.0 Å². The van der Waals surface area contributed by atoms with Crippen LogP contribution in [0, 0.1) is 10.1 Å². The molecule has 0 aliphatic rings. The molecule has 5 heteroatoms. The quantitative estimate of drug-likeness (QED) is 0.475. The molecule has 0 aliphatic heterocycles. The molecular formula is C15H13NO4. The Hall–Kier alpha value is -2.69. The van der Waals surface area contributed by atoms with Crippen molar-refractivity contribution in [2.45, 2.75) is 13.5 Å². The summed E-state index contributed by atoms with van der Waals surface area (Å²) in [6, 6.07) is 13.5. The molecule has 0 atom stereocenters. The van der Waals surface area contributed by atoms with E-state index in [0.29, 0.717) is 12.4 Å². The standard InChI is InChI=1S/C15H13NO4/c1-11(17)13-7-14(16(18)19)9-15(8-13)20-10-12-5-3-2-4-6-12/h2-9H,10H2,1H3. The fourth-order valence-corrected chi connectivity index (χ4v) is 1.72. The highest BCUT2D eigenvalue weighted by Gasteiger charge is 2.13. The number of Topliss-reactive ketones (excluding diaryl/α,β-unsaturated/α-hetero) is 1. The second-order valence-corrected chi connectivity index (χ2v) is 4.30. The van der Waals surface area contributed by atoms with Crippen LogP contribution in [-0.4, -0.2) is 10.7 Å². The molecular weight excluding hydrogens is 258 g/mol. The van der Waals surface area contributed by atoms with Crippen molar-refractivity contribution in [1.29, 1.82) is 0 Å². The van der Waals surface area contributed by atoms with Crippen LogP contribution in [0.4, 0.5) is 5.69 Å². The second-order valence-electron chi connectivity index (χ2n) is 4.30. The lowest BCUT2D eigenvalue weighted by molar-refractivity contribution is -0.385. The molecule has 0 saturated carbocycles. The maximum atomic E-state index is 11.4. The van der Waals surface area contributed by atoms with Crippen molar-refractivity contribution in [2.24, 2.45) is 0 Å². The summed E-state index contributed by atoms with van der Waals surface area (Å²) < 4.78 is 5.52. The number of carbonyl (C=O) groups excluding carboxylic acids is 1. The first-order chi connectivity index (χ1) is 9.56. The number of ketones is 1. The topological polar surface area (TPSA) is 69.4 Å². The normalized spacial score (nSPS) is 10.1. The maximum Gasteiger partial charge on any atom is 0.273 e. The summed E-state index contributed by atoms with van der Waals surface area (Å²) in [5, 5.41) is 10.8. The Morgan fingerprint density at radius 1 is 1.20 bits per heavy atom.